The summed E-state index contributed by atoms with van der Waals surface area (Å²) in [4.78, 5) is 24.0. The van der Waals surface area contributed by atoms with Gasteiger partial charge >= 0.3 is 6.09 Å². The maximum Gasteiger partial charge on any atom is 0.404 e. The minimum atomic E-state index is -1.10. The number of hydrogen-bond acceptors (Lipinski definition) is 8. The van der Waals surface area contributed by atoms with Crippen molar-refractivity contribution in [2.45, 2.75) is 19.4 Å². The number of benzene rings is 1. The van der Waals surface area contributed by atoms with Crippen molar-refractivity contribution >= 4 is 33.6 Å². The molecule has 4 aromatic rings. The molecule has 33 heavy (non-hydrogen) atoms. The quantitative estimate of drug-likeness (QED) is 0.310. The van der Waals surface area contributed by atoms with Gasteiger partial charge in [0.05, 0.1) is 30.6 Å². The molecule has 10 heteroatoms. The van der Waals surface area contributed by atoms with Crippen LogP contribution in [0.5, 0.6) is 17.2 Å². The van der Waals surface area contributed by atoms with Gasteiger partial charge in [-0.25, -0.2) is 9.78 Å². The number of pyridine rings is 3. The highest BCUT2D eigenvalue weighted by Gasteiger charge is 2.14. The summed E-state index contributed by atoms with van der Waals surface area (Å²) >= 11 is 0. The third kappa shape index (κ3) is 4.49. The minimum Gasteiger partial charge on any atom is -0.504 e. The molecule has 3 heterocycles. The van der Waals surface area contributed by atoms with Crippen molar-refractivity contribution in [3.63, 3.8) is 0 Å². The van der Waals surface area contributed by atoms with Gasteiger partial charge in [-0.1, -0.05) is 6.92 Å². The Hall–Kier alpha value is -4.34. The Bertz CT molecular complexity index is 1340. The molecule has 1 atom stereocenters. The van der Waals surface area contributed by atoms with Gasteiger partial charge in [0.15, 0.2) is 11.5 Å². The standard InChI is InChI=1S/C23H23N5O5/c1-3-13(27-23(30)31)11-33-14-4-12(8-25-9-14)18-5-15-16-6-21(32-2)20(29)7-19(16)26-10-17(15)22(24)28-18/h4-10,13,27,29H,3,11H2,1-2H3,(H2,24,28)(H,30,31)/t13-/m1/s1. The van der Waals surface area contributed by atoms with E-state index in [4.69, 9.17) is 20.3 Å². The van der Waals surface area contributed by atoms with Gasteiger partial charge in [-0.05, 0) is 30.0 Å². The predicted octanol–water partition coefficient (Wildman–Crippen LogP) is 3.57. The molecule has 0 aliphatic rings. The number of phenols is 1. The fourth-order valence-corrected chi connectivity index (χ4v) is 3.53. The topological polar surface area (TPSA) is 153 Å². The molecule has 1 aromatic carbocycles. The number of fused-ring (bicyclic) bond motifs is 3. The van der Waals surface area contributed by atoms with Crippen LogP contribution >= 0.6 is 0 Å². The molecule has 5 N–H and O–H groups in total. The highest BCUT2D eigenvalue weighted by Crippen LogP contribution is 2.36. The van der Waals surface area contributed by atoms with E-state index in [2.05, 4.69) is 20.3 Å². The normalized spacial score (nSPS) is 11.9. The molecule has 0 unspecified atom stereocenters. The number of rotatable bonds is 7. The fraction of sp³-hybridized carbons (Fsp3) is 0.217. The average Bonchev–Trinajstić information content (AvgIpc) is 2.81. The number of amides is 1. The molecule has 0 aliphatic carbocycles. The minimum absolute atomic E-state index is 0.00378. The van der Waals surface area contributed by atoms with Crippen molar-refractivity contribution in [2.75, 3.05) is 19.5 Å². The first kappa shape index (κ1) is 21.9. The largest absolute Gasteiger partial charge is 0.504 e. The van der Waals surface area contributed by atoms with Crippen molar-refractivity contribution in [3.8, 4) is 28.5 Å². The van der Waals surface area contributed by atoms with Crippen LogP contribution in [0, 0.1) is 0 Å². The monoisotopic (exact) mass is 449 g/mol. The number of methoxy groups -OCH3 is 1. The number of nitrogens with zero attached hydrogens (tertiary/aromatic N) is 3. The summed E-state index contributed by atoms with van der Waals surface area (Å²) in [6.07, 6.45) is 4.30. The Balaban J connectivity index is 1.73. The van der Waals surface area contributed by atoms with E-state index >= 15 is 0 Å². The second kappa shape index (κ2) is 9.03. The molecule has 3 aromatic heterocycles. The number of aromatic nitrogens is 3. The number of phenolic OH excluding ortho intramolecular Hbond substituents is 1. The predicted molar refractivity (Wildman–Crippen MR) is 124 cm³/mol. The van der Waals surface area contributed by atoms with Gasteiger partial charge in [0.2, 0.25) is 0 Å². The van der Waals surface area contributed by atoms with Crippen LogP contribution in [0.2, 0.25) is 0 Å². The van der Waals surface area contributed by atoms with Gasteiger partial charge in [0, 0.05) is 34.8 Å². The lowest BCUT2D eigenvalue weighted by atomic mass is 10.0. The number of carbonyl (C=O) groups is 1. The van der Waals surface area contributed by atoms with E-state index < -0.39 is 6.09 Å². The number of hydrogen-bond donors (Lipinski definition) is 4. The summed E-state index contributed by atoms with van der Waals surface area (Å²) < 4.78 is 11.0. The summed E-state index contributed by atoms with van der Waals surface area (Å²) in [6.45, 7) is 2.04. The Morgan fingerprint density at radius 2 is 1.97 bits per heavy atom. The van der Waals surface area contributed by atoms with Crippen molar-refractivity contribution < 1.29 is 24.5 Å². The Kier molecular flexibility index (Phi) is 5.99. The molecule has 0 radical (unpaired) electrons. The summed E-state index contributed by atoms with van der Waals surface area (Å²) in [5.41, 5.74) is 8.08. The first-order valence-electron chi connectivity index (χ1n) is 10.2. The smallest absolute Gasteiger partial charge is 0.404 e. The molecule has 0 bridgehead atoms. The van der Waals surface area contributed by atoms with Crippen LogP contribution in [0.15, 0.2) is 42.9 Å². The summed E-state index contributed by atoms with van der Waals surface area (Å²) in [5, 5.41) is 23.6. The van der Waals surface area contributed by atoms with E-state index in [-0.39, 0.29) is 18.4 Å². The molecule has 0 spiro atoms. The van der Waals surface area contributed by atoms with Crippen LogP contribution in [0.3, 0.4) is 0 Å². The van der Waals surface area contributed by atoms with E-state index in [1.807, 2.05) is 13.0 Å². The Morgan fingerprint density at radius 3 is 2.70 bits per heavy atom. The van der Waals surface area contributed by atoms with Crippen LogP contribution in [0.1, 0.15) is 13.3 Å². The molecule has 0 fully saturated rings. The number of nitrogens with two attached hydrogens (primary N) is 1. The zero-order valence-corrected chi connectivity index (χ0v) is 18.1. The maximum absolute atomic E-state index is 10.9. The van der Waals surface area contributed by atoms with Crippen molar-refractivity contribution in [1.29, 1.82) is 0 Å². The Labute approximate surface area is 189 Å². The van der Waals surface area contributed by atoms with E-state index in [1.54, 1.807) is 30.7 Å². The first-order chi connectivity index (χ1) is 15.9. The molecule has 170 valence electrons. The molecular weight excluding hydrogens is 426 g/mol. The van der Waals surface area contributed by atoms with Gasteiger partial charge < -0.3 is 30.7 Å². The fourth-order valence-electron chi connectivity index (χ4n) is 3.53. The second-order valence-corrected chi connectivity index (χ2v) is 7.43. The maximum atomic E-state index is 10.9. The van der Waals surface area contributed by atoms with Crippen LogP contribution in [0.25, 0.3) is 32.9 Å². The lowest BCUT2D eigenvalue weighted by Crippen LogP contribution is -2.37. The molecule has 10 nitrogen and oxygen atoms in total. The third-order valence-electron chi connectivity index (χ3n) is 5.29. The second-order valence-electron chi connectivity index (χ2n) is 7.43. The number of aromatic hydroxyl groups is 1. The lowest BCUT2D eigenvalue weighted by Gasteiger charge is -2.16. The zero-order chi connectivity index (χ0) is 23.5. The molecule has 0 saturated carbocycles. The van der Waals surface area contributed by atoms with E-state index in [0.717, 1.165) is 10.8 Å². The highest BCUT2D eigenvalue weighted by molar-refractivity contribution is 6.10. The summed E-state index contributed by atoms with van der Waals surface area (Å²) in [7, 11) is 1.48. The molecule has 4 rings (SSSR count). The van der Waals surface area contributed by atoms with Crippen molar-refractivity contribution in [2.24, 2.45) is 0 Å². The van der Waals surface area contributed by atoms with Crippen LogP contribution in [-0.2, 0) is 0 Å². The summed E-state index contributed by atoms with van der Waals surface area (Å²) in [6, 6.07) is 6.54. The molecule has 0 saturated heterocycles. The first-order valence-corrected chi connectivity index (χ1v) is 10.2. The van der Waals surface area contributed by atoms with E-state index in [0.29, 0.717) is 45.9 Å². The molecule has 1 amide bonds. The van der Waals surface area contributed by atoms with Crippen LogP contribution < -0.4 is 20.5 Å². The summed E-state index contributed by atoms with van der Waals surface area (Å²) in [5.74, 6) is 1.10. The molecule has 0 aliphatic heterocycles. The van der Waals surface area contributed by atoms with Crippen LogP contribution in [-0.4, -0.2) is 51.0 Å². The van der Waals surface area contributed by atoms with Gasteiger partial charge in [0.25, 0.3) is 0 Å². The average molecular weight is 449 g/mol. The van der Waals surface area contributed by atoms with E-state index in [1.165, 1.54) is 13.2 Å². The lowest BCUT2D eigenvalue weighted by molar-refractivity contribution is 0.180. The number of anilines is 1. The van der Waals surface area contributed by atoms with Gasteiger partial charge in [-0.2, -0.15) is 0 Å². The zero-order valence-electron chi connectivity index (χ0n) is 18.1. The number of carboxylic acid groups (broad SMARTS) is 1. The van der Waals surface area contributed by atoms with Gasteiger partial charge in [-0.3, -0.25) is 9.97 Å². The number of nitrogen functional groups attached to an aromatic ring is 1. The number of nitrogens with one attached hydrogen (secondary N) is 1. The molecular formula is C23H23N5O5. The van der Waals surface area contributed by atoms with Crippen molar-refractivity contribution in [1.82, 2.24) is 20.3 Å². The number of ether oxygens (including phenoxy) is 2. The van der Waals surface area contributed by atoms with Gasteiger partial charge in [0.1, 0.15) is 18.2 Å². The highest BCUT2D eigenvalue weighted by atomic mass is 16.5. The van der Waals surface area contributed by atoms with Crippen LogP contribution in [0.4, 0.5) is 10.6 Å². The van der Waals surface area contributed by atoms with Gasteiger partial charge in [-0.15, -0.1) is 0 Å². The Morgan fingerprint density at radius 1 is 1.15 bits per heavy atom. The SMILES string of the molecule is CC[C@H](COc1cncc(-c2cc3c(cnc4cc(O)c(OC)cc43)c(N)n2)c1)NC(=O)O. The van der Waals surface area contributed by atoms with Crippen molar-refractivity contribution in [3.05, 3.63) is 42.9 Å². The van der Waals surface area contributed by atoms with E-state index in [9.17, 15) is 9.90 Å². The third-order valence-corrected chi connectivity index (χ3v) is 5.29.